The van der Waals surface area contributed by atoms with E-state index in [2.05, 4.69) is 20.7 Å². The smallest absolute Gasteiger partial charge is 0.324 e. The van der Waals surface area contributed by atoms with Crippen LogP contribution >= 0.6 is 15.9 Å². The predicted octanol–water partition coefficient (Wildman–Crippen LogP) is 2.65. The molecule has 1 aliphatic carbocycles. The van der Waals surface area contributed by atoms with E-state index in [1.54, 1.807) is 0 Å². The van der Waals surface area contributed by atoms with E-state index in [1.807, 2.05) is 0 Å². The van der Waals surface area contributed by atoms with E-state index in [1.165, 1.54) is 0 Å². The molecule has 0 aliphatic heterocycles. The molecule has 21 heavy (non-hydrogen) atoms. The monoisotopic (exact) mass is 379 g/mol. The van der Waals surface area contributed by atoms with Gasteiger partial charge >= 0.3 is 5.97 Å². The van der Waals surface area contributed by atoms with Crippen molar-refractivity contribution < 1.29 is 22.7 Å². The zero-order valence-corrected chi connectivity index (χ0v) is 13.5. The van der Waals surface area contributed by atoms with Gasteiger partial charge in [0.2, 0.25) is 10.0 Å². The summed E-state index contributed by atoms with van der Waals surface area (Å²) in [6, 6.07) is 3.16. The lowest BCUT2D eigenvalue weighted by Gasteiger charge is -2.33. The number of sulfonamides is 1. The maximum atomic E-state index is 13.1. The predicted molar refractivity (Wildman–Crippen MR) is 77.9 cm³/mol. The summed E-state index contributed by atoms with van der Waals surface area (Å²) in [7, 11) is -4.06. The molecular formula is C13H15BrFNO4S. The van der Waals surface area contributed by atoms with Crippen LogP contribution in [0.25, 0.3) is 0 Å². The van der Waals surface area contributed by atoms with E-state index >= 15 is 0 Å². The molecule has 1 aromatic rings. The average molecular weight is 380 g/mol. The number of carboxylic acids is 1. The molecule has 0 radical (unpaired) electrons. The summed E-state index contributed by atoms with van der Waals surface area (Å²) in [4.78, 5) is 11.4. The van der Waals surface area contributed by atoms with Gasteiger partial charge in [-0.15, -0.1) is 0 Å². The second-order valence-corrected chi connectivity index (χ2v) is 7.63. The fourth-order valence-corrected chi connectivity index (χ4v) is 4.99. The molecule has 0 unspecified atom stereocenters. The summed E-state index contributed by atoms with van der Waals surface area (Å²) in [6.45, 7) is 0. The molecule has 0 spiro atoms. The maximum absolute atomic E-state index is 13.1. The lowest BCUT2D eigenvalue weighted by molar-refractivity contribution is -0.145. The Kier molecular flexibility index (Phi) is 4.69. The molecule has 0 amide bonds. The standard InChI is InChI=1S/C13H15BrFNO4S/c14-10-8-9(15)4-5-11(10)21(19,20)16-13(12(17)18)6-2-1-3-7-13/h4-5,8,16H,1-3,6-7H2,(H,17,18). The number of carboxylic acid groups (broad SMARTS) is 1. The minimum atomic E-state index is -4.06. The lowest BCUT2D eigenvalue weighted by Crippen LogP contribution is -2.55. The highest BCUT2D eigenvalue weighted by Crippen LogP contribution is 2.31. The van der Waals surface area contributed by atoms with Crippen LogP contribution in [-0.4, -0.2) is 25.0 Å². The van der Waals surface area contributed by atoms with Crippen LogP contribution in [0.2, 0.25) is 0 Å². The molecule has 0 bridgehead atoms. The van der Waals surface area contributed by atoms with E-state index < -0.39 is 27.3 Å². The third-order valence-corrected chi connectivity index (χ3v) is 6.14. The van der Waals surface area contributed by atoms with Gasteiger partial charge in [0.05, 0.1) is 4.90 Å². The van der Waals surface area contributed by atoms with Gasteiger partial charge in [-0.1, -0.05) is 19.3 Å². The van der Waals surface area contributed by atoms with Crippen LogP contribution in [0.1, 0.15) is 32.1 Å². The molecule has 1 aliphatic rings. The molecule has 2 N–H and O–H groups in total. The molecular weight excluding hydrogens is 365 g/mol. The van der Waals surface area contributed by atoms with Crippen LogP contribution in [0, 0.1) is 5.82 Å². The highest BCUT2D eigenvalue weighted by molar-refractivity contribution is 9.10. The molecule has 0 atom stereocenters. The van der Waals surface area contributed by atoms with Gasteiger partial charge in [0.15, 0.2) is 0 Å². The number of nitrogens with one attached hydrogen (secondary N) is 1. The molecule has 0 aromatic heterocycles. The van der Waals surface area contributed by atoms with Crippen molar-refractivity contribution in [2.24, 2.45) is 0 Å². The van der Waals surface area contributed by atoms with Crippen molar-refractivity contribution in [3.05, 3.63) is 28.5 Å². The first-order valence-electron chi connectivity index (χ1n) is 6.49. The Hall–Kier alpha value is -0.990. The number of halogens is 2. The zero-order valence-electron chi connectivity index (χ0n) is 11.1. The van der Waals surface area contributed by atoms with Gasteiger partial charge < -0.3 is 5.11 Å². The van der Waals surface area contributed by atoms with Gasteiger partial charge in [-0.05, 0) is 47.0 Å². The molecule has 2 rings (SSSR count). The Morgan fingerprint density at radius 1 is 1.29 bits per heavy atom. The van der Waals surface area contributed by atoms with E-state index in [-0.39, 0.29) is 22.2 Å². The molecule has 8 heteroatoms. The van der Waals surface area contributed by atoms with Crippen molar-refractivity contribution in [3.63, 3.8) is 0 Å². The fraction of sp³-hybridized carbons (Fsp3) is 0.462. The second-order valence-electron chi connectivity index (χ2n) is 5.13. The Bertz CT molecular complexity index is 656. The quantitative estimate of drug-likeness (QED) is 0.841. The van der Waals surface area contributed by atoms with Crippen LogP contribution in [0.4, 0.5) is 4.39 Å². The Balaban J connectivity index is 2.37. The molecule has 116 valence electrons. The van der Waals surface area contributed by atoms with Gasteiger partial charge in [-0.25, -0.2) is 12.8 Å². The lowest BCUT2D eigenvalue weighted by atomic mass is 9.83. The van der Waals surface area contributed by atoms with Crippen LogP contribution in [0.15, 0.2) is 27.6 Å². The molecule has 1 aromatic carbocycles. The average Bonchev–Trinajstić information content (AvgIpc) is 2.38. The second kappa shape index (κ2) is 6.02. The van der Waals surface area contributed by atoms with Crippen molar-refractivity contribution in [2.45, 2.75) is 42.5 Å². The third-order valence-electron chi connectivity index (χ3n) is 3.63. The SMILES string of the molecule is O=C(O)C1(NS(=O)(=O)c2ccc(F)cc2Br)CCCCC1. The van der Waals surface area contributed by atoms with Crippen molar-refractivity contribution in [2.75, 3.05) is 0 Å². The maximum Gasteiger partial charge on any atom is 0.324 e. The van der Waals surface area contributed by atoms with E-state index in [9.17, 15) is 22.7 Å². The van der Waals surface area contributed by atoms with Gasteiger partial charge in [0.25, 0.3) is 0 Å². The molecule has 1 saturated carbocycles. The van der Waals surface area contributed by atoms with E-state index in [0.717, 1.165) is 24.6 Å². The van der Waals surface area contributed by atoms with Crippen LogP contribution in [0.3, 0.4) is 0 Å². The Morgan fingerprint density at radius 2 is 1.90 bits per heavy atom. The van der Waals surface area contributed by atoms with Crippen molar-refractivity contribution in [3.8, 4) is 0 Å². The topological polar surface area (TPSA) is 83.5 Å². The third kappa shape index (κ3) is 3.44. The van der Waals surface area contributed by atoms with E-state index in [4.69, 9.17) is 0 Å². The number of aliphatic carboxylic acids is 1. The molecule has 5 nitrogen and oxygen atoms in total. The summed E-state index contributed by atoms with van der Waals surface area (Å²) in [6.07, 6.45) is 2.69. The van der Waals surface area contributed by atoms with Crippen LogP contribution in [0.5, 0.6) is 0 Å². The summed E-state index contributed by atoms with van der Waals surface area (Å²) in [5.74, 6) is -1.75. The molecule has 1 fully saturated rings. The van der Waals surface area contributed by atoms with E-state index in [0.29, 0.717) is 12.8 Å². The van der Waals surface area contributed by atoms with Gasteiger partial charge in [-0.3, -0.25) is 4.79 Å². The number of carbonyl (C=O) groups is 1. The van der Waals surface area contributed by atoms with Gasteiger partial charge in [0.1, 0.15) is 11.4 Å². The summed E-state index contributed by atoms with van der Waals surface area (Å²) >= 11 is 3.00. The number of rotatable bonds is 4. The van der Waals surface area contributed by atoms with Crippen molar-refractivity contribution in [1.82, 2.24) is 4.72 Å². The first kappa shape index (κ1) is 16.4. The molecule has 0 saturated heterocycles. The highest BCUT2D eigenvalue weighted by atomic mass is 79.9. The summed E-state index contributed by atoms with van der Waals surface area (Å²) < 4.78 is 40.3. The van der Waals surface area contributed by atoms with Crippen LogP contribution < -0.4 is 4.72 Å². The largest absolute Gasteiger partial charge is 0.480 e. The Labute approximate surface area is 130 Å². The summed E-state index contributed by atoms with van der Waals surface area (Å²) in [5, 5.41) is 9.41. The number of hydrogen-bond acceptors (Lipinski definition) is 3. The van der Waals surface area contributed by atoms with Crippen molar-refractivity contribution in [1.29, 1.82) is 0 Å². The highest BCUT2D eigenvalue weighted by Gasteiger charge is 2.43. The summed E-state index contributed by atoms with van der Waals surface area (Å²) in [5.41, 5.74) is -1.48. The van der Waals surface area contributed by atoms with Crippen molar-refractivity contribution >= 4 is 31.9 Å². The van der Waals surface area contributed by atoms with Gasteiger partial charge in [-0.2, -0.15) is 4.72 Å². The number of hydrogen-bond donors (Lipinski definition) is 2. The first-order chi connectivity index (χ1) is 9.77. The first-order valence-corrected chi connectivity index (χ1v) is 8.77. The van der Waals surface area contributed by atoms with Crippen LogP contribution in [-0.2, 0) is 14.8 Å². The zero-order chi connectivity index (χ0) is 15.7. The minimum absolute atomic E-state index is 0.0614. The molecule has 0 heterocycles. The van der Waals surface area contributed by atoms with Gasteiger partial charge in [0, 0.05) is 4.47 Å². The fourth-order valence-electron chi connectivity index (χ4n) is 2.52. The Morgan fingerprint density at radius 3 is 2.43 bits per heavy atom. The normalized spacial score (nSPS) is 18.4. The minimum Gasteiger partial charge on any atom is -0.480 e. The number of benzene rings is 1.